The SMILES string of the molecule is O=C(Cc1ccc(F)cc1)Cn1c(=O)oc2cccnc21. The molecule has 0 N–H and O–H groups in total. The number of nitrogens with zero attached hydrogens (tertiary/aromatic N) is 2. The third kappa shape index (κ3) is 2.74. The number of benzene rings is 1. The molecule has 0 unspecified atom stereocenters. The van der Waals surface area contributed by atoms with Crippen LogP contribution in [0.25, 0.3) is 11.2 Å². The van der Waals surface area contributed by atoms with E-state index in [9.17, 15) is 14.0 Å². The second-order valence-electron chi connectivity index (χ2n) is 4.62. The molecule has 2 heterocycles. The van der Waals surface area contributed by atoms with Crippen LogP contribution >= 0.6 is 0 Å². The molecule has 2 aromatic heterocycles. The molecule has 0 bridgehead atoms. The summed E-state index contributed by atoms with van der Waals surface area (Å²) in [5.74, 6) is -1.15. The van der Waals surface area contributed by atoms with E-state index in [0.29, 0.717) is 16.8 Å². The number of hydrogen-bond donors (Lipinski definition) is 0. The average Bonchev–Trinajstić information content (AvgIpc) is 2.78. The van der Waals surface area contributed by atoms with Gasteiger partial charge in [0.15, 0.2) is 17.0 Å². The Hall–Kier alpha value is -2.76. The van der Waals surface area contributed by atoms with E-state index in [1.807, 2.05) is 0 Å². The summed E-state index contributed by atoms with van der Waals surface area (Å²) in [6.07, 6.45) is 1.64. The average molecular weight is 286 g/mol. The summed E-state index contributed by atoms with van der Waals surface area (Å²) >= 11 is 0. The van der Waals surface area contributed by atoms with Gasteiger partial charge in [0.05, 0.1) is 6.54 Å². The number of halogens is 1. The van der Waals surface area contributed by atoms with Gasteiger partial charge in [-0.25, -0.2) is 14.2 Å². The zero-order valence-electron chi connectivity index (χ0n) is 11.0. The van der Waals surface area contributed by atoms with Crippen LogP contribution in [0.1, 0.15) is 5.56 Å². The second-order valence-corrected chi connectivity index (χ2v) is 4.62. The van der Waals surface area contributed by atoms with Gasteiger partial charge in [0.1, 0.15) is 5.82 Å². The molecule has 3 aromatic rings. The lowest BCUT2D eigenvalue weighted by Gasteiger charge is -2.02. The van der Waals surface area contributed by atoms with Gasteiger partial charge in [-0.05, 0) is 29.8 Å². The monoisotopic (exact) mass is 286 g/mol. The molecule has 106 valence electrons. The summed E-state index contributed by atoms with van der Waals surface area (Å²) in [5.41, 5.74) is 1.38. The molecule has 6 heteroatoms. The van der Waals surface area contributed by atoms with E-state index < -0.39 is 5.76 Å². The first-order valence-electron chi connectivity index (χ1n) is 6.34. The van der Waals surface area contributed by atoms with Crippen LogP contribution in [-0.4, -0.2) is 15.3 Å². The number of fused-ring (bicyclic) bond motifs is 1. The lowest BCUT2D eigenvalue weighted by Crippen LogP contribution is -2.21. The van der Waals surface area contributed by atoms with Crippen molar-refractivity contribution in [1.29, 1.82) is 0 Å². The molecular formula is C15H11FN2O3. The first-order chi connectivity index (χ1) is 10.1. The standard InChI is InChI=1S/C15H11FN2O3/c16-11-5-3-10(4-6-11)8-12(19)9-18-14-13(21-15(18)20)2-1-7-17-14/h1-7H,8-9H2. The summed E-state index contributed by atoms with van der Waals surface area (Å²) in [6.45, 7) is -0.125. The summed E-state index contributed by atoms with van der Waals surface area (Å²) in [7, 11) is 0. The molecule has 0 aliphatic carbocycles. The number of Topliss-reactive ketones (excluding diaryl/α,β-unsaturated/α-hetero) is 1. The number of ketones is 1. The van der Waals surface area contributed by atoms with Crippen molar-refractivity contribution in [3.63, 3.8) is 0 Å². The summed E-state index contributed by atoms with van der Waals surface area (Å²) in [6, 6.07) is 8.94. The normalized spacial score (nSPS) is 10.9. The minimum Gasteiger partial charge on any atom is -0.406 e. The Morgan fingerprint density at radius 1 is 1.24 bits per heavy atom. The summed E-state index contributed by atoms with van der Waals surface area (Å²) in [4.78, 5) is 27.8. The van der Waals surface area contributed by atoms with Crippen LogP contribution in [0, 0.1) is 5.82 Å². The van der Waals surface area contributed by atoms with Gasteiger partial charge >= 0.3 is 5.76 Å². The van der Waals surface area contributed by atoms with E-state index in [2.05, 4.69) is 4.98 Å². The predicted octanol–water partition coefficient (Wildman–Crippen LogP) is 1.94. The molecule has 0 radical (unpaired) electrons. The van der Waals surface area contributed by atoms with Gasteiger partial charge in [-0.15, -0.1) is 0 Å². The van der Waals surface area contributed by atoms with E-state index in [4.69, 9.17) is 4.42 Å². The van der Waals surface area contributed by atoms with Crippen molar-refractivity contribution in [2.45, 2.75) is 13.0 Å². The van der Waals surface area contributed by atoms with Gasteiger partial charge in [-0.1, -0.05) is 12.1 Å². The van der Waals surface area contributed by atoms with E-state index in [1.54, 1.807) is 24.3 Å². The molecule has 3 rings (SSSR count). The number of hydrogen-bond acceptors (Lipinski definition) is 4. The van der Waals surface area contributed by atoms with Crippen LogP contribution < -0.4 is 5.76 Å². The van der Waals surface area contributed by atoms with Crippen molar-refractivity contribution in [2.24, 2.45) is 0 Å². The fourth-order valence-corrected chi connectivity index (χ4v) is 2.10. The largest absolute Gasteiger partial charge is 0.421 e. The van der Waals surface area contributed by atoms with E-state index in [-0.39, 0.29) is 24.6 Å². The molecule has 0 atom stereocenters. The number of carbonyl (C=O) groups excluding carboxylic acids is 1. The molecule has 5 nitrogen and oxygen atoms in total. The highest BCUT2D eigenvalue weighted by Gasteiger charge is 2.13. The quantitative estimate of drug-likeness (QED) is 0.735. The molecule has 0 saturated heterocycles. The number of rotatable bonds is 4. The first kappa shape index (κ1) is 13.2. The van der Waals surface area contributed by atoms with Gasteiger partial charge in [-0.3, -0.25) is 9.36 Å². The molecule has 0 aliphatic heterocycles. The van der Waals surface area contributed by atoms with Crippen LogP contribution in [0.3, 0.4) is 0 Å². The Balaban J connectivity index is 1.82. The van der Waals surface area contributed by atoms with Gasteiger partial charge in [0.2, 0.25) is 0 Å². The third-order valence-electron chi connectivity index (χ3n) is 3.07. The summed E-state index contributed by atoms with van der Waals surface area (Å²) < 4.78 is 19.0. The predicted molar refractivity (Wildman–Crippen MR) is 73.4 cm³/mol. The maximum atomic E-state index is 12.8. The first-order valence-corrected chi connectivity index (χ1v) is 6.34. The Labute approximate surface area is 118 Å². The Kier molecular flexibility index (Phi) is 3.35. The fourth-order valence-electron chi connectivity index (χ4n) is 2.10. The Bertz CT molecular complexity index is 849. The molecule has 21 heavy (non-hydrogen) atoms. The molecule has 0 aliphatic rings. The molecule has 0 spiro atoms. The molecule has 0 saturated carbocycles. The van der Waals surface area contributed by atoms with Crippen molar-refractivity contribution in [2.75, 3.05) is 0 Å². The zero-order valence-corrected chi connectivity index (χ0v) is 11.0. The molecule has 0 amide bonds. The maximum Gasteiger partial charge on any atom is 0.421 e. The number of aromatic nitrogens is 2. The van der Waals surface area contributed by atoms with Gasteiger partial charge in [0, 0.05) is 12.6 Å². The molecule has 1 aromatic carbocycles. The number of oxazole rings is 1. The second kappa shape index (κ2) is 5.32. The fraction of sp³-hybridized carbons (Fsp3) is 0.133. The third-order valence-corrected chi connectivity index (χ3v) is 3.07. The highest BCUT2D eigenvalue weighted by atomic mass is 19.1. The Morgan fingerprint density at radius 2 is 2.00 bits per heavy atom. The van der Waals surface area contributed by atoms with E-state index in [0.717, 1.165) is 0 Å². The lowest BCUT2D eigenvalue weighted by atomic mass is 10.1. The van der Waals surface area contributed by atoms with Crippen molar-refractivity contribution >= 4 is 17.0 Å². The van der Waals surface area contributed by atoms with Crippen molar-refractivity contribution < 1.29 is 13.6 Å². The molecule has 0 fully saturated rings. The van der Waals surface area contributed by atoms with Crippen LogP contribution in [0.15, 0.2) is 51.8 Å². The summed E-state index contributed by atoms with van der Waals surface area (Å²) in [5, 5.41) is 0. The zero-order chi connectivity index (χ0) is 14.8. The Morgan fingerprint density at radius 3 is 2.76 bits per heavy atom. The van der Waals surface area contributed by atoms with Crippen molar-refractivity contribution in [3.8, 4) is 0 Å². The van der Waals surface area contributed by atoms with Gasteiger partial charge < -0.3 is 4.42 Å². The topological polar surface area (TPSA) is 65.1 Å². The maximum absolute atomic E-state index is 12.8. The van der Waals surface area contributed by atoms with Crippen LogP contribution in [0.4, 0.5) is 4.39 Å². The van der Waals surface area contributed by atoms with E-state index >= 15 is 0 Å². The smallest absolute Gasteiger partial charge is 0.406 e. The van der Waals surface area contributed by atoms with Crippen LogP contribution in [0.5, 0.6) is 0 Å². The number of pyridine rings is 1. The lowest BCUT2D eigenvalue weighted by molar-refractivity contribution is -0.119. The van der Waals surface area contributed by atoms with Crippen LogP contribution in [-0.2, 0) is 17.8 Å². The molecular weight excluding hydrogens is 275 g/mol. The minimum absolute atomic E-state index is 0.117. The van der Waals surface area contributed by atoms with Crippen LogP contribution in [0.2, 0.25) is 0 Å². The van der Waals surface area contributed by atoms with Crippen molar-refractivity contribution in [3.05, 3.63) is 64.5 Å². The highest BCUT2D eigenvalue weighted by molar-refractivity contribution is 5.82. The number of carbonyl (C=O) groups is 1. The van der Waals surface area contributed by atoms with Gasteiger partial charge in [0.25, 0.3) is 0 Å². The minimum atomic E-state index is -0.615. The van der Waals surface area contributed by atoms with Gasteiger partial charge in [-0.2, -0.15) is 0 Å². The van der Waals surface area contributed by atoms with E-state index in [1.165, 1.54) is 22.9 Å². The van der Waals surface area contributed by atoms with Crippen molar-refractivity contribution in [1.82, 2.24) is 9.55 Å². The highest BCUT2D eigenvalue weighted by Crippen LogP contribution is 2.09.